The first-order valence-electron chi connectivity index (χ1n) is 7.20. The number of nitrogens with zero attached hydrogens (tertiary/aromatic N) is 5. The molecule has 7 heteroatoms. The molecule has 0 aromatic carbocycles. The number of thiazole rings is 1. The first-order chi connectivity index (χ1) is 10.1. The van der Waals surface area contributed by atoms with Crippen LogP contribution in [0.3, 0.4) is 0 Å². The standard InChI is InChI=1S/C14H19N5OS/c1-10-7-21-13(17-10)12-4-3-5-18(6-12)14(20)11(2)19-9-15-8-16-19/h7-9,11-12H,3-6H2,1-2H3/t11-,12+/m0/s1. The molecule has 0 saturated carbocycles. The third-order valence-electron chi connectivity index (χ3n) is 3.91. The van der Waals surface area contributed by atoms with E-state index in [0.717, 1.165) is 36.6 Å². The van der Waals surface area contributed by atoms with Crippen molar-refractivity contribution in [3.05, 3.63) is 28.7 Å². The summed E-state index contributed by atoms with van der Waals surface area (Å²) < 4.78 is 1.61. The van der Waals surface area contributed by atoms with Crippen molar-refractivity contribution in [2.24, 2.45) is 0 Å². The molecule has 0 aliphatic carbocycles. The first-order valence-corrected chi connectivity index (χ1v) is 8.08. The molecule has 0 spiro atoms. The molecule has 0 radical (unpaired) electrons. The first kappa shape index (κ1) is 14.2. The zero-order valence-corrected chi connectivity index (χ0v) is 13.1. The highest BCUT2D eigenvalue weighted by Gasteiger charge is 2.29. The minimum atomic E-state index is -0.302. The zero-order valence-electron chi connectivity index (χ0n) is 12.3. The summed E-state index contributed by atoms with van der Waals surface area (Å²) in [6.45, 7) is 5.45. The minimum absolute atomic E-state index is 0.110. The van der Waals surface area contributed by atoms with Crippen molar-refractivity contribution < 1.29 is 4.79 Å². The molecule has 2 atom stereocenters. The number of amides is 1. The molecule has 1 saturated heterocycles. The quantitative estimate of drug-likeness (QED) is 0.870. The van der Waals surface area contributed by atoms with Gasteiger partial charge in [0.2, 0.25) is 5.91 Å². The number of aromatic nitrogens is 4. The second-order valence-corrected chi connectivity index (χ2v) is 6.39. The SMILES string of the molecule is Cc1csc([C@@H]2CCCN(C(=O)[C@H](C)n3cncn3)C2)n1. The van der Waals surface area contributed by atoms with Gasteiger partial charge in [-0.3, -0.25) is 4.79 Å². The molecule has 112 valence electrons. The molecule has 1 aliphatic heterocycles. The van der Waals surface area contributed by atoms with E-state index in [1.165, 1.54) is 6.33 Å². The predicted octanol–water partition coefficient (Wildman–Crippen LogP) is 2.01. The molecule has 3 heterocycles. The third-order valence-corrected chi connectivity index (χ3v) is 5.03. The Labute approximate surface area is 127 Å². The normalized spacial score (nSPS) is 20.5. The van der Waals surface area contributed by atoms with E-state index in [2.05, 4.69) is 20.4 Å². The maximum Gasteiger partial charge on any atom is 0.247 e. The van der Waals surface area contributed by atoms with E-state index in [4.69, 9.17) is 0 Å². The Morgan fingerprint density at radius 3 is 3.05 bits per heavy atom. The summed E-state index contributed by atoms with van der Waals surface area (Å²) in [7, 11) is 0. The number of likely N-dealkylation sites (tertiary alicyclic amines) is 1. The Hall–Kier alpha value is -1.76. The van der Waals surface area contributed by atoms with Crippen molar-refractivity contribution >= 4 is 17.2 Å². The topological polar surface area (TPSA) is 63.9 Å². The monoisotopic (exact) mass is 305 g/mol. The fourth-order valence-electron chi connectivity index (χ4n) is 2.73. The van der Waals surface area contributed by atoms with Gasteiger partial charge in [0.25, 0.3) is 0 Å². The summed E-state index contributed by atoms with van der Waals surface area (Å²) in [6.07, 6.45) is 5.18. The van der Waals surface area contributed by atoms with Crippen LogP contribution in [0.15, 0.2) is 18.0 Å². The number of hydrogen-bond acceptors (Lipinski definition) is 5. The average molecular weight is 305 g/mol. The molecule has 0 unspecified atom stereocenters. The number of carbonyl (C=O) groups is 1. The van der Waals surface area contributed by atoms with E-state index in [1.807, 2.05) is 18.7 Å². The average Bonchev–Trinajstić information content (AvgIpc) is 3.17. The lowest BCUT2D eigenvalue weighted by Gasteiger charge is -2.33. The van der Waals surface area contributed by atoms with Gasteiger partial charge in [-0.15, -0.1) is 11.3 Å². The van der Waals surface area contributed by atoms with Crippen LogP contribution >= 0.6 is 11.3 Å². The Morgan fingerprint density at radius 2 is 2.38 bits per heavy atom. The number of piperidine rings is 1. The van der Waals surface area contributed by atoms with Crippen LogP contribution in [0, 0.1) is 6.92 Å². The third kappa shape index (κ3) is 2.97. The lowest BCUT2D eigenvalue weighted by molar-refractivity contribution is -0.135. The summed E-state index contributed by atoms with van der Waals surface area (Å²) in [5.41, 5.74) is 1.06. The summed E-state index contributed by atoms with van der Waals surface area (Å²) in [5, 5.41) is 7.29. The largest absolute Gasteiger partial charge is 0.340 e. The second kappa shape index (κ2) is 5.93. The fraction of sp³-hybridized carbons (Fsp3) is 0.571. The van der Waals surface area contributed by atoms with E-state index >= 15 is 0 Å². The van der Waals surface area contributed by atoms with Crippen LogP contribution < -0.4 is 0 Å². The highest BCUT2D eigenvalue weighted by Crippen LogP contribution is 2.30. The number of hydrogen-bond donors (Lipinski definition) is 0. The fourth-order valence-corrected chi connectivity index (χ4v) is 3.66. The van der Waals surface area contributed by atoms with Crippen LogP contribution in [0.5, 0.6) is 0 Å². The van der Waals surface area contributed by atoms with Gasteiger partial charge in [0.15, 0.2) is 0 Å². The Kier molecular flexibility index (Phi) is 4.01. The maximum atomic E-state index is 12.6. The van der Waals surface area contributed by atoms with Crippen molar-refractivity contribution in [3.8, 4) is 0 Å². The Morgan fingerprint density at radius 1 is 1.52 bits per heavy atom. The molecule has 1 aliphatic rings. The molecule has 6 nitrogen and oxygen atoms in total. The van der Waals surface area contributed by atoms with Crippen LogP contribution in [-0.2, 0) is 4.79 Å². The van der Waals surface area contributed by atoms with Gasteiger partial charge in [0.1, 0.15) is 18.7 Å². The van der Waals surface area contributed by atoms with Crippen LogP contribution in [0.2, 0.25) is 0 Å². The molecular formula is C14H19N5OS. The van der Waals surface area contributed by atoms with Crippen molar-refractivity contribution in [1.29, 1.82) is 0 Å². The molecule has 21 heavy (non-hydrogen) atoms. The lowest BCUT2D eigenvalue weighted by atomic mass is 9.98. The van der Waals surface area contributed by atoms with Gasteiger partial charge in [-0.25, -0.2) is 14.6 Å². The Balaban J connectivity index is 1.69. The van der Waals surface area contributed by atoms with Crippen molar-refractivity contribution in [3.63, 3.8) is 0 Å². The zero-order chi connectivity index (χ0) is 14.8. The van der Waals surface area contributed by atoms with E-state index in [-0.39, 0.29) is 11.9 Å². The summed E-state index contributed by atoms with van der Waals surface area (Å²) >= 11 is 1.70. The van der Waals surface area contributed by atoms with Gasteiger partial charge in [-0.1, -0.05) is 0 Å². The summed E-state index contributed by atoms with van der Waals surface area (Å²) in [5.74, 6) is 0.475. The van der Waals surface area contributed by atoms with Crippen molar-refractivity contribution in [2.45, 2.75) is 38.6 Å². The second-order valence-electron chi connectivity index (χ2n) is 5.50. The number of rotatable bonds is 3. The van der Waals surface area contributed by atoms with Gasteiger partial charge < -0.3 is 4.90 Å². The van der Waals surface area contributed by atoms with Gasteiger partial charge in [0, 0.05) is 30.1 Å². The van der Waals surface area contributed by atoms with E-state index in [9.17, 15) is 4.79 Å². The van der Waals surface area contributed by atoms with Crippen LogP contribution in [0.4, 0.5) is 0 Å². The minimum Gasteiger partial charge on any atom is -0.340 e. The maximum absolute atomic E-state index is 12.6. The van der Waals surface area contributed by atoms with E-state index in [1.54, 1.807) is 22.3 Å². The van der Waals surface area contributed by atoms with Crippen LogP contribution in [0.25, 0.3) is 0 Å². The molecule has 2 aromatic rings. The molecule has 0 bridgehead atoms. The highest BCUT2D eigenvalue weighted by molar-refractivity contribution is 7.09. The van der Waals surface area contributed by atoms with E-state index in [0.29, 0.717) is 5.92 Å². The van der Waals surface area contributed by atoms with Crippen LogP contribution in [0.1, 0.15) is 42.4 Å². The van der Waals surface area contributed by atoms with Crippen LogP contribution in [-0.4, -0.2) is 43.6 Å². The van der Waals surface area contributed by atoms with Gasteiger partial charge in [-0.05, 0) is 26.7 Å². The summed E-state index contributed by atoms with van der Waals surface area (Å²) in [4.78, 5) is 23.0. The lowest BCUT2D eigenvalue weighted by Crippen LogP contribution is -2.42. The molecular weight excluding hydrogens is 286 g/mol. The highest BCUT2D eigenvalue weighted by atomic mass is 32.1. The van der Waals surface area contributed by atoms with E-state index < -0.39 is 0 Å². The Bertz CT molecular complexity index is 609. The van der Waals surface area contributed by atoms with Gasteiger partial charge >= 0.3 is 0 Å². The van der Waals surface area contributed by atoms with Crippen molar-refractivity contribution in [2.75, 3.05) is 13.1 Å². The number of carbonyl (C=O) groups excluding carboxylic acids is 1. The smallest absolute Gasteiger partial charge is 0.247 e. The summed E-state index contributed by atoms with van der Waals surface area (Å²) in [6, 6.07) is -0.302. The van der Waals surface area contributed by atoms with Crippen molar-refractivity contribution in [1.82, 2.24) is 24.6 Å². The van der Waals surface area contributed by atoms with Gasteiger partial charge in [0.05, 0.1) is 5.01 Å². The molecule has 3 rings (SSSR count). The molecule has 1 amide bonds. The van der Waals surface area contributed by atoms with Gasteiger partial charge in [-0.2, -0.15) is 5.10 Å². The molecule has 1 fully saturated rings. The molecule has 0 N–H and O–H groups in total. The number of aryl methyl sites for hydroxylation is 1. The molecule has 2 aromatic heterocycles. The predicted molar refractivity (Wildman–Crippen MR) is 80.1 cm³/mol.